The Morgan fingerprint density at radius 1 is 1.07 bits per heavy atom. The predicted molar refractivity (Wildman–Crippen MR) is 106 cm³/mol. The average molecular weight is 420 g/mol. The number of carbonyl (C=O) groups excluding carboxylic acids is 2. The van der Waals surface area contributed by atoms with E-state index in [1.807, 2.05) is 18.2 Å². The molecular weight excluding hydrogens is 397 g/mol. The first-order valence-electron chi connectivity index (χ1n) is 9.60. The number of ether oxygens (including phenoxy) is 1. The lowest BCUT2D eigenvalue weighted by molar-refractivity contribution is -0.143. The second-order valence-corrected chi connectivity index (χ2v) is 7.38. The quantitative estimate of drug-likeness (QED) is 0.759. The standard InChI is InChI=1S/C22H23F3N2O3/c1-14-19(12-22(23,24)25)27(15(2)28)18-11-7-6-10-17(18)20(14)26-21(29)30-13-16-8-4-3-5-9-16/h3-11,14,19-20H,12-13H2,1-2H3,(H,26,29)/t14?,19-,20?/m0/s1. The molecule has 0 saturated heterocycles. The number of para-hydroxylation sites is 1. The topological polar surface area (TPSA) is 58.6 Å². The molecule has 8 heteroatoms. The third-order valence-corrected chi connectivity index (χ3v) is 5.26. The highest BCUT2D eigenvalue weighted by Gasteiger charge is 2.46. The first kappa shape index (κ1) is 21.7. The fraction of sp³-hybridized carbons (Fsp3) is 0.364. The lowest BCUT2D eigenvalue weighted by Gasteiger charge is -2.45. The molecule has 0 saturated carbocycles. The summed E-state index contributed by atoms with van der Waals surface area (Å²) in [5.74, 6) is -1.16. The van der Waals surface area contributed by atoms with Gasteiger partial charge in [-0.15, -0.1) is 0 Å². The zero-order chi connectivity index (χ0) is 21.9. The number of benzene rings is 2. The molecule has 3 rings (SSSR count). The van der Waals surface area contributed by atoms with Gasteiger partial charge in [-0.25, -0.2) is 4.79 Å². The Hall–Kier alpha value is -3.03. The molecular formula is C22H23F3N2O3. The van der Waals surface area contributed by atoms with E-state index >= 15 is 0 Å². The fourth-order valence-electron chi connectivity index (χ4n) is 3.91. The van der Waals surface area contributed by atoms with E-state index in [1.165, 1.54) is 11.8 Å². The highest BCUT2D eigenvalue weighted by molar-refractivity contribution is 5.94. The van der Waals surface area contributed by atoms with Gasteiger partial charge in [-0.2, -0.15) is 13.2 Å². The SMILES string of the molecule is CC(=O)N1c2ccccc2C(NC(=O)OCc2ccccc2)C(C)[C@@H]1CC(F)(F)F. The number of hydrogen-bond donors (Lipinski definition) is 1. The molecule has 160 valence electrons. The maximum absolute atomic E-state index is 13.3. The summed E-state index contributed by atoms with van der Waals surface area (Å²) in [6, 6.07) is 13.9. The summed E-state index contributed by atoms with van der Waals surface area (Å²) in [5, 5.41) is 2.70. The largest absolute Gasteiger partial charge is 0.445 e. The minimum atomic E-state index is -4.46. The van der Waals surface area contributed by atoms with Gasteiger partial charge in [0.05, 0.1) is 18.5 Å². The molecule has 0 spiro atoms. The summed E-state index contributed by atoms with van der Waals surface area (Å²) in [4.78, 5) is 25.8. The zero-order valence-electron chi connectivity index (χ0n) is 16.6. The van der Waals surface area contributed by atoms with Crippen LogP contribution in [0.25, 0.3) is 0 Å². The van der Waals surface area contributed by atoms with Gasteiger partial charge in [0.15, 0.2) is 0 Å². The van der Waals surface area contributed by atoms with Gasteiger partial charge in [0.1, 0.15) is 6.61 Å². The molecule has 2 aromatic carbocycles. The maximum atomic E-state index is 13.3. The average Bonchev–Trinajstić information content (AvgIpc) is 2.69. The molecule has 1 heterocycles. The summed E-state index contributed by atoms with van der Waals surface area (Å²) in [6.45, 7) is 2.89. The monoisotopic (exact) mass is 420 g/mol. The third kappa shape index (κ3) is 4.93. The van der Waals surface area contributed by atoms with Crippen molar-refractivity contribution in [3.63, 3.8) is 0 Å². The molecule has 5 nitrogen and oxygen atoms in total. The first-order chi connectivity index (χ1) is 14.2. The Bertz CT molecular complexity index is 902. The predicted octanol–water partition coefficient (Wildman–Crippen LogP) is 4.98. The summed E-state index contributed by atoms with van der Waals surface area (Å²) in [7, 11) is 0. The number of anilines is 1. The molecule has 30 heavy (non-hydrogen) atoms. The molecule has 2 amide bonds. The van der Waals surface area contributed by atoms with E-state index in [4.69, 9.17) is 4.74 Å². The lowest BCUT2D eigenvalue weighted by Crippen LogP contribution is -2.53. The van der Waals surface area contributed by atoms with E-state index in [0.29, 0.717) is 11.3 Å². The molecule has 2 aromatic rings. The van der Waals surface area contributed by atoms with E-state index < -0.39 is 42.6 Å². The van der Waals surface area contributed by atoms with E-state index in [0.717, 1.165) is 5.56 Å². The van der Waals surface area contributed by atoms with E-state index in [1.54, 1.807) is 43.3 Å². The molecule has 0 aromatic heterocycles. The Kier molecular flexibility index (Phi) is 6.34. The smallest absolute Gasteiger partial charge is 0.407 e. The number of nitrogens with one attached hydrogen (secondary N) is 1. The second kappa shape index (κ2) is 8.77. The minimum absolute atomic E-state index is 0.0426. The second-order valence-electron chi connectivity index (χ2n) is 7.38. The number of alkyl carbamates (subject to hydrolysis) is 1. The normalized spacial score (nSPS) is 21.0. The van der Waals surface area contributed by atoms with Crippen LogP contribution < -0.4 is 10.2 Å². The Balaban J connectivity index is 1.86. The van der Waals surface area contributed by atoms with Crippen LogP contribution in [0.4, 0.5) is 23.7 Å². The number of carbonyl (C=O) groups is 2. The minimum Gasteiger partial charge on any atom is -0.445 e. The van der Waals surface area contributed by atoms with Crippen molar-refractivity contribution in [2.24, 2.45) is 5.92 Å². The molecule has 1 N–H and O–H groups in total. The lowest BCUT2D eigenvalue weighted by atomic mass is 9.80. The molecule has 3 atom stereocenters. The van der Waals surface area contributed by atoms with Gasteiger partial charge in [0.25, 0.3) is 0 Å². The van der Waals surface area contributed by atoms with Crippen LogP contribution >= 0.6 is 0 Å². The maximum Gasteiger partial charge on any atom is 0.407 e. The van der Waals surface area contributed by atoms with Gasteiger partial charge in [0.2, 0.25) is 5.91 Å². The van der Waals surface area contributed by atoms with Gasteiger partial charge in [-0.3, -0.25) is 4.79 Å². The summed E-state index contributed by atoms with van der Waals surface area (Å²) >= 11 is 0. The Morgan fingerprint density at radius 3 is 2.33 bits per heavy atom. The van der Waals surface area contributed by atoms with Crippen molar-refractivity contribution in [1.82, 2.24) is 5.32 Å². The summed E-state index contributed by atoms with van der Waals surface area (Å²) in [6.07, 6.45) is -6.36. The van der Waals surface area contributed by atoms with Crippen molar-refractivity contribution in [2.45, 2.75) is 45.1 Å². The number of halogens is 3. The van der Waals surface area contributed by atoms with Crippen molar-refractivity contribution >= 4 is 17.7 Å². The number of nitrogens with zero attached hydrogens (tertiary/aromatic N) is 1. The number of amides is 2. The van der Waals surface area contributed by atoms with Crippen molar-refractivity contribution in [3.8, 4) is 0 Å². The van der Waals surface area contributed by atoms with Crippen molar-refractivity contribution in [2.75, 3.05) is 4.90 Å². The van der Waals surface area contributed by atoms with Crippen LogP contribution in [0.1, 0.15) is 37.4 Å². The molecule has 0 radical (unpaired) electrons. The van der Waals surface area contributed by atoms with Crippen LogP contribution in [0, 0.1) is 5.92 Å². The number of hydrogen-bond acceptors (Lipinski definition) is 3. The van der Waals surface area contributed by atoms with Gasteiger partial charge >= 0.3 is 12.3 Å². The van der Waals surface area contributed by atoms with Crippen LogP contribution in [0.2, 0.25) is 0 Å². The molecule has 1 aliphatic heterocycles. The summed E-state index contributed by atoms with van der Waals surface area (Å²) < 4.78 is 45.1. The molecule has 0 aliphatic carbocycles. The van der Waals surface area contributed by atoms with Gasteiger partial charge in [0, 0.05) is 18.5 Å². The van der Waals surface area contributed by atoms with Crippen molar-refractivity contribution in [3.05, 3.63) is 65.7 Å². The van der Waals surface area contributed by atoms with Gasteiger partial charge in [-0.1, -0.05) is 55.5 Å². The molecule has 0 fully saturated rings. The highest BCUT2D eigenvalue weighted by atomic mass is 19.4. The Morgan fingerprint density at radius 2 is 1.70 bits per heavy atom. The first-order valence-corrected chi connectivity index (χ1v) is 9.60. The zero-order valence-corrected chi connectivity index (χ0v) is 16.6. The number of fused-ring (bicyclic) bond motifs is 1. The van der Waals surface area contributed by atoms with E-state index in [9.17, 15) is 22.8 Å². The van der Waals surface area contributed by atoms with Gasteiger partial charge < -0.3 is 15.0 Å². The summed E-state index contributed by atoms with van der Waals surface area (Å²) in [5.41, 5.74) is 1.74. The van der Waals surface area contributed by atoms with E-state index in [2.05, 4.69) is 5.32 Å². The molecule has 1 aliphatic rings. The number of alkyl halides is 3. The highest BCUT2D eigenvalue weighted by Crippen LogP contribution is 2.44. The van der Waals surface area contributed by atoms with Crippen LogP contribution in [0.5, 0.6) is 0 Å². The van der Waals surface area contributed by atoms with Crippen LogP contribution in [-0.4, -0.2) is 24.2 Å². The van der Waals surface area contributed by atoms with Crippen molar-refractivity contribution in [1.29, 1.82) is 0 Å². The van der Waals surface area contributed by atoms with Crippen LogP contribution in [-0.2, 0) is 16.1 Å². The number of rotatable bonds is 4. The van der Waals surface area contributed by atoms with Crippen molar-refractivity contribution < 1.29 is 27.5 Å². The van der Waals surface area contributed by atoms with E-state index in [-0.39, 0.29) is 6.61 Å². The van der Waals surface area contributed by atoms with Crippen LogP contribution in [0.3, 0.4) is 0 Å². The van der Waals surface area contributed by atoms with Crippen LogP contribution in [0.15, 0.2) is 54.6 Å². The molecule has 2 unspecified atom stereocenters. The fourth-order valence-corrected chi connectivity index (χ4v) is 3.91. The Labute approximate surface area is 172 Å². The third-order valence-electron chi connectivity index (χ3n) is 5.26. The molecule has 0 bridgehead atoms. The van der Waals surface area contributed by atoms with Gasteiger partial charge in [-0.05, 0) is 17.2 Å².